The van der Waals surface area contributed by atoms with Gasteiger partial charge in [0.05, 0.1) is 17.9 Å². The summed E-state index contributed by atoms with van der Waals surface area (Å²) < 4.78 is 32.2. The minimum atomic E-state index is -4.39. The van der Waals surface area contributed by atoms with Gasteiger partial charge in [0, 0.05) is 0 Å². The highest BCUT2D eigenvalue weighted by Crippen LogP contribution is 2.14. The zero-order valence-corrected chi connectivity index (χ0v) is 25.2. The highest BCUT2D eigenvalue weighted by atomic mass is 32.2. The molecule has 0 aliphatic carbocycles. The summed E-state index contributed by atoms with van der Waals surface area (Å²) in [5.74, 6) is -1.48. The maximum absolute atomic E-state index is 12.4. The summed E-state index contributed by atoms with van der Waals surface area (Å²) >= 11 is 0. The number of carbonyl (C=O) groups excluding carboxylic acids is 1. The van der Waals surface area contributed by atoms with E-state index in [9.17, 15) is 28.0 Å². The third kappa shape index (κ3) is 24.1. The van der Waals surface area contributed by atoms with Crippen LogP contribution in [0, 0.1) is 0 Å². The second-order valence-corrected chi connectivity index (χ2v) is 12.4. The van der Waals surface area contributed by atoms with Gasteiger partial charge in [-0.25, -0.2) is 0 Å². The van der Waals surface area contributed by atoms with Gasteiger partial charge in [-0.2, -0.15) is 8.42 Å². The van der Waals surface area contributed by atoms with E-state index in [1.54, 1.807) is 0 Å². The summed E-state index contributed by atoms with van der Waals surface area (Å²) in [4.78, 5) is 12.4. The molecule has 0 saturated carbocycles. The Morgan fingerprint density at radius 3 is 1.61 bits per heavy atom. The van der Waals surface area contributed by atoms with Crippen LogP contribution in [0.3, 0.4) is 0 Å². The lowest BCUT2D eigenvalue weighted by Crippen LogP contribution is -2.50. The van der Waals surface area contributed by atoms with Crippen molar-refractivity contribution in [3.8, 4) is 0 Å². The van der Waals surface area contributed by atoms with Gasteiger partial charge in [-0.3, -0.25) is 9.35 Å². The second-order valence-electron chi connectivity index (χ2n) is 10.9. The van der Waals surface area contributed by atoms with Crippen molar-refractivity contribution in [2.75, 3.05) is 5.75 Å². The van der Waals surface area contributed by atoms with E-state index in [1.165, 1.54) is 70.6 Å². The van der Waals surface area contributed by atoms with Crippen molar-refractivity contribution < 1.29 is 28.0 Å². The predicted octanol–water partition coefficient (Wildman–Crippen LogP) is 6.87. The van der Waals surface area contributed by atoms with E-state index in [2.05, 4.69) is 31.3 Å². The fourth-order valence-corrected chi connectivity index (χ4v) is 5.39. The Morgan fingerprint density at radius 2 is 1.11 bits per heavy atom. The highest BCUT2D eigenvalue weighted by Gasteiger charge is 2.28. The molecule has 0 heterocycles. The molecule has 8 heteroatoms. The lowest BCUT2D eigenvalue weighted by molar-refractivity contribution is -0.131. The topological polar surface area (TPSA) is 124 Å². The Bertz CT molecular complexity index is 682. The van der Waals surface area contributed by atoms with E-state index in [1.807, 2.05) is 0 Å². The number of allylic oxidation sites excluding steroid dienone is 2. The summed E-state index contributed by atoms with van der Waals surface area (Å²) in [5.41, 5.74) is 0. The number of rotatable bonds is 27. The van der Waals surface area contributed by atoms with Crippen LogP contribution in [0.1, 0.15) is 149 Å². The van der Waals surface area contributed by atoms with Gasteiger partial charge in [0.1, 0.15) is 6.10 Å². The van der Waals surface area contributed by atoms with Crippen molar-refractivity contribution in [2.24, 2.45) is 0 Å². The van der Waals surface area contributed by atoms with Crippen LogP contribution in [-0.4, -0.2) is 53.1 Å². The standard InChI is InChI=1S/C30H59NO6S/c1-3-5-7-9-11-13-14-15-17-19-21-23-25-29(33)30(34)31-27(26-38(35,36)37)28(32)24-22-20-18-16-12-10-8-6-4-2/h15,17,27-29,32-33H,3-14,16,18-26H2,1-2H3,(H,31,34)(H,35,36,37)/b17-15-. The van der Waals surface area contributed by atoms with Gasteiger partial charge in [-0.05, 0) is 38.5 Å². The molecule has 1 amide bonds. The first-order valence-electron chi connectivity index (χ1n) is 15.5. The van der Waals surface area contributed by atoms with Crippen LogP contribution < -0.4 is 5.32 Å². The third-order valence-electron chi connectivity index (χ3n) is 7.08. The quantitative estimate of drug-likeness (QED) is 0.0493. The number of aliphatic hydroxyl groups is 2. The molecule has 0 bridgehead atoms. The summed E-state index contributed by atoms with van der Waals surface area (Å²) in [6.45, 7) is 4.42. The van der Waals surface area contributed by atoms with Crippen molar-refractivity contribution >= 4 is 16.0 Å². The summed E-state index contributed by atoms with van der Waals surface area (Å²) in [5, 5.41) is 23.2. The number of aliphatic hydroxyl groups excluding tert-OH is 2. The Hall–Kier alpha value is -0.960. The van der Waals surface area contributed by atoms with Gasteiger partial charge in [0.25, 0.3) is 10.1 Å². The van der Waals surface area contributed by atoms with E-state index < -0.39 is 40.0 Å². The minimum Gasteiger partial charge on any atom is -0.391 e. The van der Waals surface area contributed by atoms with Gasteiger partial charge in [0.2, 0.25) is 5.91 Å². The van der Waals surface area contributed by atoms with E-state index in [0.717, 1.165) is 38.5 Å². The van der Waals surface area contributed by atoms with Gasteiger partial charge in [-0.15, -0.1) is 0 Å². The molecular formula is C30H59NO6S. The number of carbonyl (C=O) groups is 1. The summed E-state index contributed by atoms with van der Waals surface area (Å²) in [7, 11) is -4.39. The SMILES string of the molecule is CCCCCCCC/C=C\CCCCC(O)C(=O)NC(CS(=O)(=O)O)C(O)CCCCCCCCCCC. The first-order chi connectivity index (χ1) is 18.2. The van der Waals surface area contributed by atoms with Crippen molar-refractivity contribution in [3.63, 3.8) is 0 Å². The molecular weight excluding hydrogens is 502 g/mol. The van der Waals surface area contributed by atoms with Crippen molar-refractivity contribution in [1.82, 2.24) is 5.32 Å². The number of unbranched alkanes of at least 4 members (excludes halogenated alkanes) is 16. The second kappa shape index (κ2) is 25.0. The van der Waals surface area contributed by atoms with Crippen molar-refractivity contribution in [1.29, 1.82) is 0 Å². The molecule has 0 aromatic heterocycles. The number of hydrogen-bond acceptors (Lipinski definition) is 5. The average Bonchev–Trinajstić information content (AvgIpc) is 2.86. The molecule has 0 aliphatic heterocycles. The van der Waals surface area contributed by atoms with Gasteiger partial charge >= 0.3 is 0 Å². The molecule has 0 aliphatic rings. The van der Waals surface area contributed by atoms with Gasteiger partial charge < -0.3 is 15.5 Å². The molecule has 0 saturated heterocycles. The van der Waals surface area contributed by atoms with Crippen LogP contribution >= 0.6 is 0 Å². The fourth-order valence-electron chi connectivity index (χ4n) is 4.63. The molecule has 226 valence electrons. The molecule has 0 rings (SSSR count). The molecule has 3 unspecified atom stereocenters. The molecule has 0 aromatic rings. The average molecular weight is 562 g/mol. The zero-order valence-electron chi connectivity index (χ0n) is 24.4. The normalized spacial score (nSPS) is 14.6. The maximum Gasteiger partial charge on any atom is 0.266 e. The highest BCUT2D eigenvalue weighted by molar-refractivity contribution is 7.85. The lowest BCUT2D eigenvalue weighted by atomic mass is 10.0. The van der Waals surface area contributed by atoms with Gasteiger partial charge in [-0.1, -0.05) is 122 Å². The van der Waals surface area contributed by atoms with Crippen LogP contribution in [0.4, 0.5) is 0 Å². The molecule has 0 aromatic carbocycles. The van der Waals surface area contributed by atoms with Crippen LogP contribution in [0.25, 0.3) is 0 Å². The number of nitrogens with one attached hydrogen (secondary N) is 1. The van der Waals surface area contributed by atoms with Crippen molar-refractivity contribution in [3.05, 3.63) is 12.2 Å². The molecule has 4 N–H and O–H groups in total. The monoisotopic (exact) mass is 561 g/mol. The van der Waals surface area contributed by atoms with E-state index in [0.29, 0.717) is 19.3 Å². The molecule has 0 fully saturated rings. The maximum atomic E-state index is 12.4. The minimum absolute atomic E-state index is 0.268. The fraction of sp³-hybridized carbons (Fsp3) is 0.900. The Balaban J connectivity index is 4.21. The summed E-state index contributed by atoms with van der Waals surface area (Å²) in [6.07, 6.45) is 23.9. The van der Waals surface area contributed by atoms with Crippen LogP contribution in [0.2, 0.25) is 0 Å². The zero-order chi connectivity index (χ0) is 28.5. The van der Waals surface area contributed by atoms with Crippen LogP contribution in [-0.2, 0) is 14.9 Å². The molecule has 0 spiro atoms. The van der Waals surface area contributed by atoms with Crippen LogP contribution in [0.5, 0.6) is 0 Å². The Morgan fingerprint density at radius 1 is 0.684 bits per heavy atom. The van der Waals surface area contributed by atoms with Gasteiger partial charge in [0.15, 0.2) is 0 Å². The largest absolute Gasteiger partial charge is 0.391 e. The lowest BCUT2D eigenvalue weighted by Gasteiger charge is -2.24. The van der Waals surface area contributed by atoms with E-state index >= 15 is 0 Å². The summed E-state index contributed by atoms with van der Waals surface area (Å²) in [6, 6.07) is -1.15. The van der Waals surface area contributed by atoms with E-state index in [4.69, 9.17) is 0 Å². The van der Waals surface area contributed by atoms with Crippen LogP contribution in [0.15, 0.2) is 12.2 Å². The number of amides is 1. The molecule has 0 radical (unpaired) electrons. The first kappa shape index (κ1) is 37.0. The van der Waals surface area contributed by atoms with E-state index in [-0.39, 0.29) is 6.42 Å². The number of hydrogen-bond donors (Lipinski definition) is 4. The molecule has 3 atom stereocenters. The third-order valence-corrected chi connectivity index (χ3v) is 7.86. The van der Waals surface area contributed by atoms with Crippen molar-refractivity contribution in [2.45, 2.75) is 167 Å². The Labute approximate surface area is 234 Å². The predicted molar refractivity (Wildman–Crippen MR) is 158 cm³/mol. The molecule has 38 heavy (non-hydrogen) atoms. The molecule has 7 nitrogen and oxygen atoms in total. The Kier molecular flexibility index (Phi) is 24.4. The smallest absolute Gasteiger partial charge is 0.266 e. The first-order valence-corrected chi connectivity index (χ1v) is 17.1.